The Hall–Kier alpha value is -1.76. The molecule has 3 nitrogen and oxygen atoms in total. The van der Waals surface area contributed by atoms with Crippen LogP contribution in [-0.4, -0.2) is 12.5 Å². The molecule has 1 saturated carbocycles. The Morgan fingerprint density at radius 2 is 1.80 bits per heavy atom. The summed E-state index contributed by atoms with van der Waals surface area (Å²) >= 11 is 6.12. The van der Waals surface area contributed by atoms with E-state index in [1.807, 2.05) is 24.3 Å². The Bertz CT molecular complexity index is 865. The number of alkyl halides is 3. The van der Waals surface area contributed by atoms with Gasteiger partial charge in [0.1, 0.15) is 0 Å². The van der Waals surface area contributed by atoms with Gasteiger partial charge in [0.2, 0.25) is 5.91 Å². The summed E-state index contributed by atoms with van der Waals surface area (Å²) in [5, 5.41) is 3.34. The molecule has 0 unspecified atom stereocenters. The lowest BCUT2D eigenvalue weighted by Crippen LogP contribution is -2.42. The predicted molar refractivity (Wildman–Crippen MR) is 115 cm³/mol. The van der Waals surface area contributed by atoms with Gasteiger partial charge in [-0.3, -0.25) is 4.79 Å². The van der Waals surface area contributed by atoms with Crippen LogP contribution in [0.1, 0.15) is 42.4 Å². The first-order chi connectivity index (χ1) is 13.7. The minimum absolute atomic E-state index is 0. The standard InChI is InChI=1S/C22H24ClF3N2O.ClH/c23-18-6-3-5-17(12-18)21(14-27)10-8-15(9-11-21)20(29)28-13-16-4-1-2-7-19(16)22(24,25)26;/h1-7,12,15H,8-11,13-14,27H2,(H,28,29);1H/t15-,21-;. The highest BCUT2D eigenvalue weighted by Gasteiger charge is 2.38. The van der Waals surface area contributed by atoms with Crippen LogP contribution in [0.2, 0.25) is 5.02 Å². The van der Waals surface area contributed by atoms with E-state index in [1.165, 1.54) is 18.2 Å². The molecule has 0 aliphatic heterocycles. The minimum atomic E-state index is -4.44. The van der Waals surface area contributed by atoms with Crippen molar-refractivity contribution in [3.8, 4) is 0 Å². The number of rotatable bonds is 5. The lowest BCUT2D eigenvalue weighted by Gasteiger charge is -2.39. The number of carbonyl (C=O) groups excluding carboxylic acids is 1. The maximum Gasteiger partial charge on any atom is 0.416 e. The highest BCUT2D eigenvalue weighted by molar-refractivity contribution is 6.30. The Labute approximate surface area is 185 Å². The molecular weight excluding hydrogens is 436 g/mol. The Morgan fingerprint density at radius 1 is 1.13 bits per heavy atom. The molecule has 1 fully saturated rings. The number of amides is 1. The van der Waals surface area contributed by atoms with Crippen molar-refractivity contribution >= 4 is 29.9 Å². The smallest absolute Gasteiger partial charge is 0.352 e. The van der Waals surface area contributed by atoms with Gasteiger partial charge in [0, 0.05) is 29.4 Å². The van der Waals surface area contributed by atoms with Crippen molar-refractivity contribution < 1.29 is 18.0 Å². The van der Waals surface area contributed by atoms with Crippen molar-refractivity contribution in [3.05, 3.63) is 70.2 Å². The molecule has 1 aliphatic carbocycles. The molecule has 0 aromatic heterocycles. The predicted octanol–water partition coefficient (Wildman–Crippen LogP) is 5.48. The van der Waals surface area contributed by atoms with Gasteiger partial charge >= 0.3 is 6.18 Å². The average molecular weight is 461 g/mol. The van der Waals surface area contributed by atoms with Gasteiger partial charge in [-0.2, -0.15) is 13.2 Å². The molecule has 30 heavy (non-hydrogen) atoms. The summed E-state index contributed by atoms with van der Waals surface area (Å²) in [6.07, 6.45) is -1.70. The molecule has 0 saturated heterocycles. The van der Waals surface area contributed by atoms with E-state index in [2.05, 4.69) is 5.32 Å². The first-order valence-corrected chi connectivity index (χ1v) is 10.0. The maximum absolute atomic E-state index is 13.1. The molecule has 3 rings (SSSR count). The van der Waals surface area contributed by atoms with E-state index in [0.29, 0.717) is 24.4 Å². The summed E-state index contributed by atoms with van der Waals surface area (Å²) in [7, 11) is 0. The molecule has 0 radical (unpaired) electrons. The van der Waals surface area contributed by atoms with Crippen molar-refractivity contribution in [3.63, 3.8) is 0 Å². The van der Waals surface area contributed by atoms with Crippen LogP contribution in [0, 0.1) is 5.92 Å². The first kappa shape index (κ1) is 24.5. The van der Waals surface area contributed by atoms with Crippen molar-refractivity contribution in [1.82, 2.24) is 5.32 Å². The second-order valence-corrected chi connectivity index (χ2v) is 8.08. The lowest BCUT2D eigenvalue weighted by atomic mass is 9.66. The van der Waals surface area contributed by atoms with Crippen LogP contribution in [0.25, 0.3) is 0 Å². The van der Waals surface area contributed by atoms with Crippen LogP contribution >= 0.6 is 24.0 Å². The van der Waals surface area contributed by atoms with Gasteiger partial charge in [0.25, 0.3) is 0 Å². The van der Waals surface area contributed by atoms with E-state index in [9.17, 15) is 18.0 Å². The second-order valence-electron chi connectivity index (χ2n) is 7.64. The number of carbonyl (C=O) groups is 1. The fourth-order valence-corrected chi connectivity index (χ4v) is 4.33. The van der Waals surface area contributed by atoms with Crippen molar-refractivity contribution in [1.29, 1.82) is 0 Å². The molecule has 3 N–H and O–H groups in total. The highest BCUT2D eigenvalue weighted by Crippen LogP contribution is 2.41. The quantitative estimate of drug-likeness (QED) is 0.620. The zero-order valence-electron chi connectivity index (χ0n) is 16.3. The zero-order chi connectivity index (χ0) is 21.1. The fraction of sp³-hybridized carbons (Fsp3) is 0.409. The molecule has 2 aromatic rings. The number of nitrogens with one attached hydrogen (secondary N) is 1. The first-order valence-electron chi connectivity index (χ1n) is 9.64. The minimum Gasteiger partial charge on any atom is -0.352 e. The van der Waals surface area contributed by atoms with Gasteiger partial charge in [0.15, 0.2) is 0 Å². The zero-order valence-corrected chi connectivity index (χ0v) is 17.9. The third-order valence-corrected chi connectivity index (χ3v) is 6.15. The molecule has 8 heteroatoms. The molecule has 1 amide bonds. The molecule has 164 valence electrons. The molecule has 2 aromatic carbocycles. The van der Waals surface area contributed by atoms with Crippen LogP contribution in [-0.2, 0) is 22.9 Å². The van der Waals surface area contributed by atoms with Crippen LogP contribution in [0.5, 0.6) is 0 Å². The largest absolute Gasteiger partial charge is 0.416 e. The summed E-state index contributed by atoms with van der Waals surface area (Å²) in [5.41, 5.74) is 6.29. The molecular formula is C22H25Cl2F3N2O. The van der Waals surface area contributed by atoms with Gasteiger partial charge in [-0.05, 0) is 55.0 Å². The Morgan fingerprint density at radius 3 is 2.40 bits per heavy atom. The number of halogens is 5. The average Bonchev–Trinajstić information content (AvgIpc) is 2.71. The Kier molecular flexibility index (Phi) is 8.20. The molecule has 0 heterocycles. The summed E-state index contributed by atoms with van der Waals surface area (Å²) in [4.78, 5) is 12.6. The molecule has 0 atom stereocenters. The van der Waals surface area contributed by atoms with Crippen molar-refractivity contribution in [2.45, 2.75) is 43.8 Å². The third-order valence-electron chi connectivity index (χ3n) is 5.92. The van der Waals surface area contributed by atoms with Crippen LogP contribution in [0.3, 0.4) is 0 Å². The van der Waals surface area contributed by atoms with Gasteiger partial charge in [-0.25, -0.2) is 0 Å². The van der Waals surface area contributed by atoms with E-state index in [1.54, 1.807) is 0 Å². The number of benzene rings is 2. The summed E-state index contributed by atoms with van der Waals surface area (Å²) in [6.45, 7) is 0.321. The SMILES string of the molecule is Cl.NC[C@]1(c2cccc(Cl)c2)CC[C@H](C(=O)NCc2ccccc2C(F)(F)F)CC1. The van der Waals surface area contributed by atoms with Crippen LogP contribution in [0.4, 0.5) is 13.2 Å². The van der Waals surface area contributed by atoms with Crippen molar-refractivity contribution in [2.75, 3.05) is 6.54 Å². The second kappa shape index (κ2) is 10.0. The van der Waals surface area contributed by atoms with E-state index in [0.717, 1.165) is 24.5 Å². The molecule has 0 bridgehead atoms. The summed E-state index contributed by atoms with van der Waals surface area (Å²) < 4.78 is 39.3. The Balaban J connectivity index is 0.00000320. The van der Waals surface area contributed by atoms with E-state index in [4.69, 9.17) is 17.3 Å². The van der Waals surface area contributed by atoms with Gasteiger partial charge in [-0.1, -0.05) is 41.9 Å². The van der Waals surface area contributed by atoms with Crippen LogP contribution < -0.4 is 11.1 Å². The summed E-state index contributed by atoms with van der Waals surface area (Å²) in [5.74, 6) is -0.439. The van der Waals surface area contributed by atoms with E-state index in [-0.39, 0.29) is 41.8 Å². The molecule has 1 aliphatic rings. The van der Waals surface area contributed by atoms with Gasteiger partial charge in [-0.15, -0.1) is 12.4 Å². The number of nitrogens with two attached hydrogens (primary N) is 1. The summed E-state index contributed by atoms with van der Waals surface area (Å²) in [6, 6.07) is 12.9. The maximum atomic E-state index is 13.1. The van der Waals surface area contributed by atoms with Gasteiger partial charge in [0.05, 0.1) is 5.56 Å². The lowest BCUT2D eigenvalue weighted by molar-refractivity contribution is -0.138. The molecule has 0 spiro atoms. The third kappa shape index (κ3) is 5.48. The normalized spacial score (nSPS) is 21.6. The van der Waals surface area contributed by atoms with E-state index >= 15 is 0 Å². The van der Waals surface area contributed by atoms with Crippen LogP contribution in [0.15, 0.2) is 48.5 Å². The topological polar surface area (TPSA) is 55.1 Å². The van der Waals surface area contributed by atoms with E-state index < -0.39 is 11.7 Å². The fourth-order valence-electron chi connectivity index (χ4n) is 4.14. The van der Waals surface area contributed by atoms with Crippen molar-refractivity contribution in [2.24, 2.45) is 11.7 Å². The monoisotopic (exact) mass is 460 g/mol. The number of hydrogen-bond donors (Lipinski definition) is 2. The van der Waals surface area contributed by atoms with Gasteiger partial charge < -0.3 is 11.1 Å². The highest BCUT2D eigenvalue weighted by atomic mass is 35.5. The number of hydrogen-bond acceptors (Lipinski definition) is 2.